The number of hydrogen-bond acceptors (Lipinski definition) is 1. The second-order valence-corrected chi connectivity index (χ2v) is 5.54. The van der Waals surface area contributed by atoms with Crippen LogP contribution in [0.5, 0.6) is 0 Å². The maximum absolute atomic E-state index is 10.1. The third-order valence-corrected chi connectivity index (χ3v) is 3.58. The van der Waals surface area contributed by atoms with E-state index in [2.05, 4.69) is 19.1 Å². The van der Waals surface area contributed by atoms with Gasteiger partial charge in [0.2, 0.25) is 0 Å². The first-order chi connectivity index (χ1) is 9.41. The molecule has 1 heteroatoms. The molecule has 0 aliphatic rings. The first-order valence-electron chi connectivity index (χ1n) is 8.50. The van der Waals surface area contributed by atoms with Crippen molar-refractivity contribution >= 4 is 6.29 Å². The summed E-state index contributed by atoms with van der Waals surface area (Å²) < 4.78 is 0. The molecule has 0 atom stereocenters. The van der Waals surface area contributed by atoms with Gasteiger partial charge in [-0.05, 0) is 32.1 Å². The second kappa shape index (κ2) is 17.4. The van der Waals surface area contributed by atoms with Crippen molar-refractivity contribution in [2.45, 2.75) is 96.8 Å². The number of allylic oxidation sites excluding steroid dienone is 2. The zero-order chi connectivity index (χ0) is 14.0. The third-order valence-electron chi connectivity index (χ3n) is 3.58. The van der Waals surface area contributed by atoms with Crippen LogP contribution in [0.1, 0.15) is 96.8 Å². The summed E-state index contributed by atoms with van der Waals surface area (Å²) in [6, 6.07) is 0. The average molecular weight is 266 g/mol. The van der Waals surface area contributed by atoms with Crippen LogP contribution in [-0.4, -0.2) is 6.29 Å². The predicted molar refractivity (Wildman–Crippen MR) is 85.5 cm³/mol. The van der Waals surface area contributed by atoms with Gasteiger partial charge in [0.15, 0.2) is 0 Å². The monoisotopic (exact) mass is 266 g/mol. The highest BCUT2D eigenvalue weighted by Crippen LogP contribution is 2.10. The van der Waals surface area contributed by atoms with E-state index in [0.29, 0.717) is 0 Å². The number of carbonyl (C=O) groups excluding carboxylic acids is 1. The molecule has 0 N–H and O–H groups in total. The fourth-order valence-corrected chi connectivity index (χ4v) is 2.30. The summed E-state index contributed by atoms with van der Waals surface area (Å²) in [7, 11) is 0. The Morgan fingerprint density at radius 1 is 0.579 bits per heavy atom. The van der Waals surface area contributed by atoms with Crippen molar-refractivity contribution in [1.82, 2.24) is 0 Å². The van der Waals surface area contributed by atoms with Gasteiger partial charge in [-0.2, -0.15) is 0 Å². The molecule has 0 aromatic heterocycles. The van der Waals surface area contributed by atoms with Gasteiger partial charge in [-0.15, -0.1) is 0 Å². The van der Waals surface area contributed by atoms with Gasteiger partial charge in [0.05, 0.1) is 0 Å². The molecule has 0 bridgehead atoms. The number of rotatable bonds is 15. The number of unbranched alkanes of at least 4 members (excludes halogenated alkanes) is 12. The first kappa shape index (κ1) is 18.4. The molecule has 0 spiro atoms. The highest BCUT2D eigenvalue weighted by Gasteiger charge is 1.91. The van der Waals surface area contributed by atoms with Gasteiger partial charge >= 0.3 is 0 Å². The molecule has 0 unspecified atom stereocenters. The van der Waals surface area contributed by atoms with Gasteiger partial charge in [-0.1, -0.05) is 70.4 Å². The standard InChI is InChI=1S/C18H34O/c1-2-3-4-5-6-7-8-9-10-11-12-13-14-15-16-17-18-19/h7-8,18H,2-6,9-17H2,1H3. The van der Waals surface area contributed by atoms with Crippen LogP contribution < -0.4 is 0 Å². The molecule has 0 aliphatic carbocycles. The highest BCUT2D eigenvalue weighted by molar-refractivity contribution is 5.48. The summed E-state index contributed by atoms with van der Waals surface area (Å²) >= 11 is 0. The van der Waals surface area contributed by atoms with Gasteiger partial charge in [0.1, 0.15) is 6.29 Å². The molecule has 1 nitrogen and oxygen atoms in total. The molecule has 0 aliphatic heterocycles. The van der Waals surface area contributed by atoms with E-state index in [0.717, 1.165) is 19.1 Å². The summed E-state index contributed by atoms with van der Waals surface area (Å²) in [6.45, 7) is 2.26. The summed E-state index contributed by atoms with van der Waals surface area (Å²) in [5, 5.41) is 0. The van der Waals surface area contributed by atoms with Crippen LogP contribution in [0.3, 0.4) is 0 Å². The minimum absolute atomic E-state index is 0.753. The van der Waals surface area contributed by atoms with Gasteiger partial charge in [0.25, 0.3) is 0 Å². The summed E-state index contributed by atoms with van der Waals surface area (Å²) in [6.07, 6.45) is 23.6. The minimum Gasteiger partial charge on any atom is -0.303 e. The molecule has 19 heavy (non-hydrogen) atoms. The SMILES string of the molecule is CCCCCCC=CCCCCCCCCCC=O. The lowest BCUT2D eigenvalue weighted by Crippen LogP contribution is -1.81. The largest absolute Gasteiger partial charge is 0.303 e. The van der Waals surface area contributed by atoms with Crippen LogP contribution >= 0.6 is 0 Å². The topological polar surface area (TPSA) is 17.1 Å². The van der Waals surface area contributed by atoms with E-state index in [9.17, 15) is 4.79 Å². The van der Waals surface area contributed by atoms with Crippen molar-refractivity contribution in [2.24, 2.45) is 0 Å². The molecular formula is C18H34O. The van der Waals surface area contributed by atoms with Crippen LogP contribution in [0.4, 0.5) is 0 Å². The molecule has 0 saturated heterocycles. The predicted octanol–water partition coefficient (Wildman–Crippen LogP) is 6.22. The first-order valence-corrected chi connectivity index (χ1v) is 8.50. The molecule has 0 saturated carbocycles. The van der Waals surface area contributed by atoms with Gasteiger partial charge in [-0.25, -0.2) is 0 Å². The Morgan fingerprint density at radius 2 is 1.00 bits per heavy atom. The fraction of sp³-hybridized carbons (Fsp3) is 0.833. The maximum atomic E-state index is 10.1. The Hall–Kier alpha value is -0.590. The van der Waals surface area contributed by atoms with Gasteiger partial charge in [0, 0.05) is 6.42 Å². The second-order valence-electron chi connectivity index (χ2n) is 5.54. The molecule has 0 heterocycles. The van der Waals surface area contributed by atoms with E-state index in [1.807, 2.05) is 0 Å². The molecule has 0 amide bonds. The third kappa shape index (κ3) is 17.4. The molecular weight excluding hydrogens is 232 g/mol. The zero-order valence-electron chi connectivity index (χ0n) is 13.0. The van der Waals surface area contributed by atoms with Gasteiger partial charge < -0.3 is 4.79 Å². The van der Waals surface area contributed by atoms with E-state index < -0.39 is 0 Å². The highest BCUT2D eigenvalue weighted by atomic mass is 16.1. The fourth-order valence-electron chi connectivity index (χ4n) is 2.30. The minimum atomic E-state index is 0.753. The normalized spacial score (nSPS) is 11.2. The lowest BCUT2D eigenvalue weighted by atomic mass is 10.1. The number of aldehydes is 1. The van der Waals surface area contributed by atoms with Crippen molar-refractivity contribution in [3.63, 3.8) is 0 Å². The summed E-state index contributed by atoms with van der Waals surface area (Å²) in [4.78, 5) is 10.1. The molecule has 0 rings (SSSR count). The average Bonchev–Trinajstić information content (AvgIpc) is 2.43. The van der Waals surface area contributed by atoms with E-state index in [1.54, 1.807) is 0 Å². The van der Waals surface area contributed by atoms with Crippen LogP contribution in [-0.2, 0) is 4.79 Å². The summed E-state index contributed by atoms with van der Waals surface area (Å²) in [5.41, 5.74) is 0. The van der Waals surface area contributed by atoms with Crippen molar-refractivity contribution in [3.05, 3.63) is 12.2 Å². The summed E-state index contributed by atoms with van der Waals surface area (Å²) in [5.74, 6) is 0. The van der Waals surface area contributed by atoms with E-state index in [4.69, 9.17) is 0 Å². The zero-order valence-corrected chi connectivity index (χ0v) is 13.0. The Bertz CT molecular complexity index is 196. The number of carbonyl (C=O) groups is 1. The lowest BCUT2D eigenvalue weighted by Gasteiger charge is -1.99. The molecule has 0 aromatic carbocycles. The van der Waals surface area contributed by atoms with E-state index >= 15 is 0 Å². The Labute approximate surface area is 120 Å². The maximum Gasteiger partial charge on any atom is 0.119 e. The Kier molecular flexibility index (Phi) is 16.9. The molecule has 0 aromatic rings. The lowest BCUT2D eigenvalue weighted by molar-refractivity contribution is -0.107. The van der Waals surface area contributed by atoms with Crippen LogP contribution in [0.25, 0.3) is 0 Å². The Balaban J connectivity index is 3.01. The van der Waals surface area contributed by atoms with Crippen LogP contribution in [0.2, 0.25) is 0 Å². The van der Waals surface area contributed by atoms with Crippen molar-refractivity contribution < 1.29 is 4.79 Å². The van der Waals surface area contributed by atoms with E-state index in [-0.39, 0.29) is 0 Å². The Morgan fingerprint density at radius 3 is 1.47 bits per heavy atom. The molecule has 0 radical (unpaired) electrons. The van der Waals surface area contributed by atoms with Crippen molar-refractivity contribution in [1.29, 1.82) is 0 Å². The quantitative estimate of drug-likeness (QED) is 0.195. The van der Waals surface area contributed by atoms with Crippen LogP contribution in [0, 0.1) is 0 Å². The molecule has 112 valence electrons. The van der Waals surface area contributed by atoms with Crippen molar-refractivity contribution in [3.8, 4) is 0 Å². The van der Waals surface area contributed by atoms with Crippen molar-refractivity contribution in [2.75, 3.05) is 0 Å². The van der Waals surface area contributed by atoms with Crippen LogP contribution in [0.15, 0.2) is 12.2 Å². The number of hydrogen-bond donors (Lipinski definition) is 0. The van der Waals surface area contributed by atoms with Gasteiger partial charge in [-0.3, -0.25) is 0 Å². The smallest absolute Gasteiger partial charge is 0.119 e. The van der Waals surface area contributed by atoms with E-state index in [1.165, 1.54) is 77.0 Å². The molecule has 0 fully saturated rings.